The lowest BCUT2D eigenvalue weighted by molar-refractivity contribution is 0.0601. The first-order chi connectivity index (χ1) is 11.9. The van der Waals surface area contributed by atoms with Gasteiger partial charge in [0.05, 0.1) is 25.5 Å². The second-order valence-electron chi connectivity index (χ2n) is 4.80. The van der Waals surface area contributed by atoms with Crippen molar-refractivity contribution in [3.63, 3.8) is 0 Å². The van der Waals surface area contributed by atoms with Gasteiger partial charge in [-0.05, 0) is 59.4 Å². The zero-order valence-electron chi connectivity index (χ0n) is 13.6. The molecule has 1 aromatic heterocycles. The predicted octanol–water partition coefficient (Wildman–Crippen LogP) is 4.04. The molecule has 0 radical (unpaired) electrons. The van der Waals surface area contributed by atoms with E-state index in [0.29, 0.717) is 20.6 Å². The van der Waals surface area contributed by atoms with Gasteiger partial charge in [0.2, 0.25) is 0 Å². The Morgan fingerprint density at radius 3 is 2.36 bits per heavy atom. The minimum absolute atomic E-state index is 0.264. The van der Waals surface area contributed by atoms with Crippen molar-refractivity contribution in [3.05, 3.63) is 43.8 Å². The first kappa shape index (κ1) is 19.6. The SMILES string of the molecule is COC(=O)c1sc(NC(=S)Nc2ccccc2I)c(C(=O)OC)c1C. The van der Waals surface area contributed by atoms with Gasteiger partial charge in [-0.15, -0.1) is 11.3 Å². The van der Waals surface area contributed by atoms with Crippen molar-refractivity contribution in [2.45, 2.75) is 6.92 Å². The maximum Gasteiger partial charge on any atom is 0.348 e. The first-order valence-corrected chi connectivity index (χ1v) is 9.32. The number of esters is 2. The molecule has 1 heterocycles. The second kappa shape index (κ2) is 8.59. The molecule has 2 aromatic rings. The molecule has 0 unspecified atom stereocenters. The van der Waals surface area contributed by atoms with Gasteiger partial charge in [0.1, 0.15) is 9.88 Å². The molecular formula is C16H15IN2O4S2. The van der Waals surface area contributed by atoms with Crippen molar-refractivity contribution >= 4 is 73.9 Å². The number of methoxy groups -OCH3 is 2. The summed E-state index contributed by atoms with van der Waals surface area (Å²) < 4.78 is 10.6. The summed E-state index contributed by atoms with van der Waals surface area (Å²) in [5.41, 5.74) is 1.59. The number of hydrogen-bond donors (Lipinski definition) is 2. The number of nitrogens with one attached hydrogen (secondary N) is 2. The van der Waals surface area contributed by atoms with Crippen LogP contribution in [0.4, 0.5) is 10.7 Å². The van der Waals surface area contributed by atoms with E-state index in [0.717, 1.165) is 20.6 Å². The zero-order chi connectivity index (χ0) is 18.6. The fourth-order valence-corrected chi connectivity index (χ4v) is 3.97. The molecule has 0 saturated carbocycles. The molecule has 132 valence electrons. The Kier molecular flexibility index (Phi) is 6.73. The summed E-state index contributed by atoms with van der Waals surface area (Å²) in [7, 11) is 2.57. The van der Waals surface area contributed by atoms with Gasteiger partial charge >= 0.3 is 11.9 Å². The number of benzene rings is 1. The molecular weight excluding hydrogens is 475 g/mol. The number of halogens is 1. The van der Waals surface area contributed by atoms with Gasteiger partial charge in [-0.1, -0.05) is 12.1 Å². The van der Waals surface area contributed by atoms with Crippen molar-refractivity contribution in [1.82, 2.24) is 0 Å². The number of thiocarbonyl (C=S) groups is 1. The molecule has 0 spiro atoms. The highest BCUT2D eigenvalue weighted by Gasteiger charge is 2.26. The van der Waals surface area contributed by atoms with E-state index in [-0.39, 0.29) is 5.56 Å². The van der Waals surface area contributed by atoms with Gasteiger partial charge < -0.3 is 20.1 Å². The molecule has 9 heteroatoms. The van der Waals surface area contributed by atoms with Gasteiger partial charge in [-0.2, -0.15) is 0 Å². The number of carbonyl (C=O) groups is 2. The molecule has 0 bridgehead atoms. The molecule has 0 amide bonds. The van der Waals surface area contributed by atoms with Crippen LogP contribution < -0.4 is 10.6 Å². The van der Waals surface area contributed by atoms with Crippen LogP contribution in [-0.4, -0.2) is 31.3 Å². The summed E-state index contributed by atoms with van der Waals surface area (Å²) >= 11 is 8.60. The van der Waals surface area contributed by atoms with Crippen molar-refractivity contribution in [1.29, 1.82) is 0 Å². The van der Waals surface area contributed by atoms with Crippen LogP contribution in [0.15, 0.2) is 24.3 Å². The van der Waals surface area contributed by atoms with Crippen LogP contribution in [0.5, 0.6) is 0 Å². The highest BCUT2D eigenvalue weighted by atomic mass is 127. The van der Waals surface area contributed by atoms with Crippen LogP contribution in [0.1, 0.15) is 25.6 Å². The van der Waals surface area contributed by atoms with E-state index in [4.69, 9.17) is 21.7 Å². The number of anilines is 2. The minimum atomic E-state index is -0.552. The van der Waals surface area contributed by atoms with Crippen molar-refractivity contribution in [3.8, 4) is 0 Å². The van der Waals surface area contributed by atoms with Crippen LogP contribution in [0.3, 0.4) is 0 Å². The first-order valence-electron chi connectivity index (χ1n) is 7.01. The normalized spacial score (nSPS) is 10.1. The van der Waals surface area contributed by atoms with Gasteiger partial charge in [0.25, 0.3) is 0 Å². The monoisotopic (exact) mass is 490 g/mol. The number of carbonyl (C=O) groups excluding carboxylic acids is 2. The fraction of sp³-hybridized carbons (Fsp3) is 0.188. The summed E-state index contributed by atoms with van der Waals surface area (Å²) in [4.78, 5) is 24.3. The smallest absolute Gasteiger partial charge is 0.348 e. The molecule has 2 rings (SSSR count). The van der Waals surface area contributed by atoms with Crippen LogP contribution in [0.25, 0.3) is 0 Å². The summed E-state index contributed by atoms with van der Waals surface area (Å²) in [5, 5.41) is 6.76. The molecule has 0 saturated heterocycles. The Morgan fingerprint density at radius 2 is 1.76 bits per heavy atom. The molecule has 0 aliphatic carbocycles. The van der Waals surface area contributed by atoms with E-state index in [1.165, 1.54) is 14.2 Å². The Labute approximate surface area is 168 Å². The van der Waals surface area contributed by atoms with Crippen LogP contribution in [0, 0.1) is 10.5 Å². The van der Waals surface area contributed by atoms with Gasteiger partial charge in [0, 0.05) is 3.57 Å². The number of hydrogen-bond acceptors (Lipinski definition) is 6. The molecule has 2 N–H and O–H groups in total. The lowest BCUT2D eigenvalue weighted by Gasteiger charge is -2.11. The average molecular weight is 490 g/mol. The molecule has 0 aliphatic rings. The van der Waals surface area contributed by atoms with E-state index >= 15 is 0 Å². The maximum absolute atomic E-state index is 12.1. The Balaban J connectivity index is 2.31. The van der Waals surface area contributed by atoms with Gasteiger partial charge in [0.15, 0.2) is 5.11 Å². The quantitative estimate of drug-likeness (QED) is 0.381. The lowest BCUT2D eigenvalue weighted by Crippen LogP contribution is -2.20. The Hall–Kier alpha value is -1.72. The Morgan fingerprint density at radius 1 is 1.12 bits per heavy atom. The third-order valence-corrected chi connectivity index (χ3v) is 5.59. The third-order valence-electron chi connectivity index (χ3n) is 3.26. The highest BCUT2D eigenvalue weighted by molar-refractivity contribution is 14.1. The molecule has 0 fully saturated rings. The van der Waals surface area contributed by atoms with Crippen LogP contribution >= 0.6 is 46.1 Å². The number of rotatable bonds is 4. The summed E-state index contributed by atoms with van der Waals surface area (Å²) in [6, 6.07) is 7.63. The van der Waals surface area contributed by atoms with Crippen molar-refractivity contribution in [2.24, 2.45) is 0 Å². The fourth-order valence-electron chi connectivity index (χ4n) is 2.06. The molecule has 6 nitrogen and oxygen atoms in total. The predicted molar refractivity (Wildman–Crippen MR) is 111 cm³/mol. The highest BCUT2D eigenvalue weighted by Crippen LogP contribution is 2.34. The number of thiophene rings is 1. The lowest BCUT2D eigenvalue weighted by atomic mass is 10.1. The van der Waals surface area contributed by atoms with Crippen LogP contribution in [-0.2, 0) is 9.47 Å². The van der Waals surface area contributed by atoms with E-state index < -0.39 is 11.9 Å². The average Bonchev–Trinajstić information content (AvgIpc) is 2.91. The molecule has 0 aliphatic heterocycles. The third kappa shape index (κ3) is 4.47. The van der Waals surface area contributed by atoms with Gasteiger partial charge in [-0.25, -0.2) is 9.59 Å². The Bertz CT molecular complexity index is 836. The standard InChI is InChI=1S/C16H15IN2O4S2/c1-8-11(14(20)22-2)13(25-12(8)15(21)23-3)19-16(24)18-10-7-5-4-6-9(10)17/h4-7H,1-3H3,(H2,18,19,24). The van der Waals surface area contributed by atoms with E-state index in [9.17, 15) is 9.59 Å². The largest absolute Gasteiger partial charge is 0.465 e. The van der Waals surface area contributed by atoms with Gasteiger partial charge in [-0.3, -0.25) is 0 Å². The molecule has 0 atom stereocenters. The molecule has 1 aromatic carbocycles. The molecule has 25 heavy (non-hydrogen) atoms. The van der Waals surface area contributed by atoms with E-state index in [1.807, 2.05) is 24.3 Å². The van der Waals surface area contributed by atoms with Crippen molar-refractivity contribution < 1.29 is 19.1 Å². The second-order valence-corrected chi connectivity index (χ2v) is 7.39. The minimum Gasteiger partial charge on any atom is -0.465 e. The topological polar surface area (TPSA) is 76.7 Å². The number of ether oxygens (including phenoxy) is 2. The number of para-hydroxylation sites is 1. The van der Waals surface area contributed by atoms with E-state index in [1.54, 1.807) is 6.92 Å². The van der Waals surface area contributed by atoms with E-state index in [2.05, 4.69) is 33.2 Å². The maximum atomic E-state index is 12.1. The van der Waals surface area contributed by atoms with Crippen molar-refractivity contribution in [2.75, 3.05) is 24.9 Å². The summed E-state index contributed by atoms with van der Waals surface area (Å²) in [5.74, 6) is -1.07. The zero-order valence-corrected chi connectivity index (χ0v) is 17.4. The summed E-state index contributed by atoms with van der Waals surface area (Å²) in [6.45, 7) is 1.66. The van der Waals surface area contributed by atoms with Crippen LogP contribution in [0.2, 0.25) is 0 Å². The summed E-state index contributed by atoms with van der Waals surface area (Å²) in [6.07, 6.45) is 0.